The zero-order valence-electron chi connectivity index (χ0n) is 13.9. The lowest BCUT2D eigenvalue weighted by molar-refractivity contribution is 0.881. The van der Waals surface area contributed by atoms with Crippen molar-refractivity contribution < 1.29 is 0 Å². The number of aromatic amines is 1. The van der Waals surface area contributed by atoms with Crippen LogP contribution in [0.25, 0.3) is 17.0 Å². The number of hydrogen-bond acceptors (Lipinski definition) is 7. The second-order valence-electron chi connectivity index (χ2n) is 5.38. The number of anilines is 3. The van der Waals surface area contributed by atoms with Crippen molar-refractivity contribution in [2.24, 2.45) is 0 Å². The summed E-state index contributed by atoms with van der Waals surface area (Å²) in [6.07, 6.45) is 1.74. The molecule has 0 radical (unpaired) electrons. The van der Waals surface area contributed by atoms with Gasteiger partial charge in [0.25, 0.3) is 0 Å². The smallest absolute Gasteiger partial charge is 0.242 e. The first-order valence-electron chi connectivity index (χ1n) is 7.96. The summed E-state index contributed by atoms with van der Waals surface area (Å²) in [7, 11) is 0. The zero-order valence-corrected chi connectivity index (χ0v) is 13.9. The van der Waals surface area contributed by atoms with Crippen molar-refractivity contribution in [3.63, 3.8) is 0 Å². The van der Waals surface area contributed by atoms with Gasteiger partial charge in [0.05, 0.1) is 11.0 Å². The molecule has 3 N–H and O–H groups in total. The first-order chi connectivity index (χ1) is 12.2. The molecule has 0 spiro atoms. The zero-order chi connectivity index (χ0) is 17.2. The average Bonchev–Trinajstić information content (AvgIpc) is 3.22. The van der Waals surface area contributed by atoms with Gasteiger partial charge in [-0.3, -0.25) is 5.10 Å². The highest BCUT2D eigenvalue weighted by atomic mass is 15.3. The van der Waals surface area contributed by atoms with E-state index in [0.717, 1.165) is 17.6 Å². The van der Waals surface area contributed by atoms with Crippen LogP contribution in [0.15, 0.2) is 36.5 Å². The molecule has 9 heteroatoms. The SMILES string of the molecule is CCNc1nc(C)nc(-n2c(Nc3cc[nH]n3)nc3ccccc32)n1. The van der Waals surface area contributed by atoms with Crippen molar-refractivity contribution in [1.29, 1.82) is 0 Å². The number of fused-ring (bicyclic) bond motifs is 1. The molecule has 0 amide bonds. The van der Waals surface area contributed by atoms with Gasteiger partial charge in [-0.25, -0.2) is 9.55 Å². The van der Waals surface area contributed by atoms with Crippen molar-refractivity contribution in [2.45, 2.75) is 13.8 Å². The van der Waals surface area contributed by atoms with Crippen molar-refractivity contribution in [2.75, 3.05) is 17.2 Å². The summed E-state index contributed by atoms with van der Waals surface area (Å²) >= 11 is 0. The minimum atomic E-state index is 0.496. The fourth-order valence-corrected chi connectivity index (χ4v) is 2.56. The maximum atomic E-state index is 4.65. The van der Waals surface area contributed by atoms with Crippen LogP contribution in [0.5, 0.6) is 0 Å². The summed E-state index contributed by atoms with van der Waals surface area (Å²) in [6.45, 7) is 4.56. The van der Waals surface area contributed by atoms with Gasteiger partial charge >= 0.3 is 0 Å². The molecule has 0 bridgehead atoms. The summed E-state index contributed by atoms with van der Waals surface area (Å²) in [5.74, 6) is 2.91. The van der Waals surface area contributed by atoms with E-state index in [1.54, 1.807) is 6.20 Å². The largest absolute Gasteiger partial charge is 0.354 e. The third-order valence-electron chi connectivity index (χ3n) is 3.57. The Morgan fingerprint density at radius 1 is 1.08 bits per heavy atom. The van der Waals surface area contributed by atoms with Gasteiger partial charge in [-0.05, 0) is 26.0 Å². The number of rotatable bonds is 5. The number of para-hydroxylation sites is 2. The number of H-pyrrole nitrogens is 1. The predicted octanol–water partition coefficient (Wildman–Crippen LogP) is 2.42. The van der Waals surface area contributed by atoms with Gasteiger partial charge < -0.3 is 10.6 Å². The fourth-order valence-electron chi connectivity index (χ4n) is 2.56. The molecule has 0 saturated heterocycles. The molecule has 0 atom stereocenters. The van der Waals surface area contributed by atoms with E-state index < -0.39 is 0 Å². The van der Waals surface area contributed by atoms with E-state index in [-0.39, 0.29) is 0 Å². The Balaban J connectivity index is 1.90. The quantitative estimate of drug-likeness (QED) is 0.514. The van der Waals surface area contributed by atoms with Crippen molar-refractivity contribution in [3.8, 4) is 5.95 Å². The van der Waals surface area contributed by atoms with Crippen LogP contribution in [0.4, 0.5) is 17.7 Å². The Bertz CT molecular complexity index is 1000. The van der Waals surface area contributed by atoms with Crippen LogP contribution in [0, 0.1) is 6.92 Å². The van der Waals surface area contributed by atoms with Crippen LogP contribution in [0.3, 0.4) is 0 Å². The summed E-state index contributed by atoms with van der Waals surface area (Å²) < 4.78 is 1.86. The van der Waals surface area contributed by atoms with Gasteiger partial charge in [-0.2, -0.15) is 20.1 Å². The highest BCUT2D eigenvalue weighted by Gasteiger charge is 2.16. The van der Waals surface area contributed by atoms with Crippen molar-refractivity contribution in [3.05, 3.63) is 42.4 Å². The highest BCUT2D eigenvalue weighted by molar-refractivity contribution is 5.81. The molecule has 0 aliphatic heterocycles. The normalized spacial score (nSPS) is 11.0. The number of aromatic nitrogens is 7. The van der Waals surface area contributed by atoms with E-state index in [0.29, 0.717) is 29.5 Å². The van der Waals surface area contributed by atoms with E-state index in [1.807, 2.05) is 48.7 Å². The lowest BCUT2D eigenvalue weighted by Crippen LogP contribution is -2.11. The molecule has 0 fully saturated rings. The molecule has 4 rings (SSSR count). The summed E-state index contributed by atoms with van der Waals surface area (Å²) in [6, 6.07) is 9.65. The lowest BCUT2D eigenvalue weighted by atomic mass is 10.3. The van der Waals surface area contributed by atoms with Gasteiger partial charge in [-0.1, -0.05) is 12.1 Å². The molecule has 126 valence electrons. The minimum Gasteiger partial charge on any atom is -0.354 e. The molecular formula is C16H17N9. The monoisotopic (exact) mass is 335 g/mol. The molecule has 3 aromatic heterocycles. The molecule has 0 unspecified atom stereocenters. The molecule has 25 heavy (non-hydrogen) atoms. The molecule has 0 aliphatic rings. The van der Waals surface area contributed by atoms with E-state index in [4.69, 9.17) is 0 Å². The number of nitrogens with zero attached hydrogens (tertiary/aromatic N) is 6. The van der Waals surface area contributed by atoms with E-state index >= 15 is 0 Å². The van der Waals surface area contributed by atoms with Crippen LogP contribution >= 0.6 is 0 Å². The maximum Gasteiger partial charge on any atom is 0.242 e. The third kappa shape index (κ3) is 2.87. The molecular weight excluding hydrogens is 318 g/mol. The molecule has 3 heterocycles. The second-order valence-corrected chi connectivity index (χ2v) is 5.38. The van der Waals surface area contributed by atoms with Gasteiger partial charge in [0, 0.05) is 18.8 Å². The van der Waals surface area contributed by atoms with Gasteiger partial charge in [0.1, 0.15) is 5.82 Å². The first kappa shape index (κ1) is 15.1. The van der Waals surface area contributed by atoms with E-state index in [1.165, 1.54) is 0 Å². The Morgan fingerprint density at radius 2 is 1.96 bits per heavy atom. The van der Waals surface area contributed by atoms with Crippen molar-refractivity contribution >= 4 is 28.7 Å². The van der Waals surface area contributed by atoms with Gasteiger partial charge in [0.2, 0.25) is 17.8 Å². The number of aryl methyl sites for hydroxylation is 1. The predicted molar refractivity (Wildman–Crippen MR) is 95.2 cm³/mol. The Morgan fingerprint density at radius 3 is 2.76 bits per heavy atom. The number of benzene rings is 1. The van der Waals surface area contributed by atoms with Gasteiger partial charge in [0.15, 0.2) is 5.82 Å². The second kappa shape index (κ2) is 6.19. The molecule has 0 aliphatic carbocycles. The topological polar surface area (TPSA) is 109 Å². The van der Waals surface area contributed by atoms with Crippen LogP contribution in [-0.4, -0.2) is 41.2 Å². The Kier molecular flexibility index (Phi) is 3.73. The molecule has 4 aromatic rings. The van der Waals surface area contributed by atoms with Gasteiger partial charge in [-0.15, -0.1) is 0 Å². The van der Waals surface area contributed by atoms with E-state index in [9.17, 15) is 0 Å². The lowest BCUT2D eigenvalue weighted by Gasteiger charge is -2.10. The van der Waals surface area contributed by atoms with Crippen molar-refractivity contribution in [1.82, 2.24) is 34.7 Å². The first-order valence-corrected chi connectivity index (χ1v) is 7.96. The van der Waals surface area contributed by atoms with Crippen LogP contribution in [-0.2, 0) is 0 Å². The Labute approximate surface area is 143 Å². The summed E-state index contributed by atoms with van der Waals surface area (Å²) in [4.78, 5) is 18.0. The van der Waals surface area contributed by atoms with E-state index in [2.05, 4.69) is 40.8 Å². The van der Waals surface area contributed by atoms with Crippen LogP contribution < -0.4 is 10.6 Å². The molecule has 0 saturated carbocycles. The molecule has 9 nitrogen and oxygen atoms in total. The standard InChI is InChI=1S/C16H17N9/c1-3-17-14-19-10(2)20-15(23-14)25-12-7-5-4-6-11(12)21-16(25)22-13-8-9-18-24-13/h4-9H,3H2,1-2H3,(H,17,19,20,23)(H2,18,21,22,24). The fraction of sp³-hybridized carbons (Fsp3) is 0.188. The minimum absolute atomic E-state index is 0.496. The Hall–Kier alpha value is -3.49. The molecule has 1 aromatic carbocycles. The third-order valence-corrected chi connectivity index (χ3v) is 3.57. The average molecular weight is 335 g/mol. The number of hydrogen-bond donors (Lipinski definition) is 3. The summed E-state index contributed by atoms with van der Waals surface area (Å²) in [5.41, 5.74) is 1.73. The highest BCUT2D eigenvalue weighted by Crippen LogP contribution is 2.25. The van der Waals surface area contributed by atoms with Crippen LogP contribution in [0.1, 0.15) is 12.7 Å². The number of imidazole rings is 1. The number of nitrogens with one attached hydrogen (secondary N) is 3. The summed E-state index contributed by atoms with van der Waals surface area (Å²) in [5, 5.41) is 13.2. The van der Waals surface area contributed by atoms with Crippen LogP contribution in [0.2, 0.25) is 0 Å². The maximum absolute atomic E-state index is 4.65.